The Morgan fingerprint density at radius 1 is 0.880 bits per heavy atom. The van der Waals surface area contributed by atoms with Gasteiger partial charge in [0, 0.05) is 0 Å². The molecule has 0 aromatic heterocycles. The first-order chi connectivity index (χ1) is 12.2. The second kappa shape index (κ2) is 8.06. The molecule has 126 valence electrons. The summed E-state index contributed by atoms with van der Waals surface area (Å²) in [6, 6.07) is 20.6. The second-order valence-electron chi connectivity index (χ2n) is 5.32. The predicted molar refractivity (Wildman–Crippen MR) is 94.8 cm³/mol. The van der Waals surface area contributed by atoms with Gasteiger partial charge in [-0.2, -0.15) is 5.10 Å². The Morgan fingerprint density at radius 3 is 2.36 bits per heavy atom. The van der Waals surface area contributed by atoms with Gasteiger partial charge in [-0.05, 0) is 41.5 Å². The van der Waals surface area contributed by atoms with Crippen LogP contribution in [0.1, 0.15) is 11.1 Å². The minimum Gasteiger partial charge on any atom is -0.483 e. The predicted octanol–water partition coefficient (Wildman–Crippen LogP) is 4.99. The number of para-hydroxylation sites is 2. The van der Waals surface area contributed by atoms with Crippen LogP contribution in [-0.4, -0.2) is 6.21 Å². The van der Waals surface area contributed by atoms with E-state index in [1.54, 1.807) is 6.21 Å². The molecule has 0 aliphatic carbocycles. The molecule has 0 spiro atoms. The molecular formula is C20H16F2N2O. The van der Waals surface area contributed by atoms with Gasteiger partial charge in [-0.25, -0.2) is 8.78 Å². The van der Waals surface area contributed by atoms with Crippen LogP contribution in [0.25, 0.3) is 0 Å². The third kappa shape index (κ3) is 4.64. The molecular weight excluding hydrogens is 322 g/mol. The highest BCUT2D eigenvalue weighted by Crippen LogP contribution is 2.22. The lowest BCUT2D eigenvalue weighted by molar-refractivity contribution is 0.274. The van der Waals surface area contributed by atoms with Crippen molar-refractivity contribution in [2.24, 2.45) is 5.10 Å². The summed E-state index contributed by atoms with van der Waals surface area (Å²) in [5.74, 6) is -1.80. The van der Waals surface area contributed by atoms with Crippen molar-refractivity contribution in [3.63, 3.8) is 0 Å². The maximum atomic E-state index is 13.6. The first kappa shape index (κ1) is 16.6. The van der Waals surface area contributed by atoms with E-state index in [4.69, 9.17) is 4.74 Å². The normalized spacial score (nSPS) is 10.8. The molecule has 3 rings (SSSR count). The number of ether oxygens (including phenoxy) is 1. The molecule has 0 unspecified atom stereocenters. The molecule has 1 N–H and O–H groups in total. The number of hydrazone groups is 1. The molecule has 0 heterocycles. The van der Waals surface area contributed by atoms with Crippen LogP contribution in [0.2, 0.25) is 0 Å². The fourth-order valence-electron chi connectivity index (χ4n) is 2.23. The van der Waals surface area contributed by atoms with E-state index in [0.29, 0.717) is 0 Å². The van der Waals surface area contributed by atoms with Gasteiger partial charge in [-0.3, -0.25) is 5.43 Å². The van der Waals surface area contributed by atoms with E-state index in [1.807, 2.05) is 54.6 Å². The van der Waals surface area contributed by atoms with Gasteiger partial charge in [0.15, 0.2) is 17.4 Å². The highest BCUT2D eigenvalue weighted by atomic mass is 19.1. The van der Waals surface area contributed by atoms with Crippen LogP contribution in [0, 0.1) is 11.6 Å². The summed E-state index contributed by atoms with van der Waals surface area (Å²) in [5, 5.41) is 4.16. The molecule has 5 heteroatoms. The van der Waals surface area contributed by atoms with Crippen LogP contribution in [0.15, 0.2) is 77.9 Å². The molecule has 0 saturated carbocycles. The van der Waals surface area contributed by atoms with E-state index in [2.05, 4.69) is 10.5 Å². The molecule has 0 amide bonds. The van der Waals surface area contributed by atoms with Gasteiger partial charge >= 0.3 is 0 Å². The summed E-state index contributed by atoms with van der Waals surface area (Å²) < 4.78 is 32.4. The molecule has 0 radical (unpaired) electrons. The third-order valence-corrected chi connectivity index (χ3v) is 3.43. The average molecular weight is 338 g/mol. The average Bonchev–Trinajstić information content (AvgIpc) is 2.63. The Balaban J connectivity index is 1.63. The summed E-state index contributed by atoms with van der Waals surface area (Å²) >= 11 is 0. The first-order valence-corrected chi connectivity index (χ1v) is 7.72. The van der Waals surface area contributed by atoms with Gasteiger partial charge in [0.1, 0.15) is 6.61 Å². The summed E-state index contributed by atoms with van der Waals surface area (Å²) in [5.41, 5.74) is 5.44. The lowest BCUT2D eigenvalue weighted by Crippen LogP contribution is -2.00. The zero-order chi connectivity index (χ0) is 17.5. The maximum absolute atomic E-state index is 13.6. The number of anilines is 1. The van der Waals surface area contributed by atoms with Crippen LogP contribution in [0.3, 0.4) is 0 Å². The third-order valence-electron chi connectivity index (χ3n) is 3.43. The van der Waals surface area contributed by atoms with Crippen molar-refractivity contribution in [3.05, 3.63) is 95.6 Å². The lowest BCUT2D eigenvalue weighted by Gasteiger charge is -2.08. The summed E-state index contributed by atoms with van der Waals surface area (Å²) in [6.07, 6.45) is 1.67. The van der Waals surface area contributed by atoms with Gasteiger partial charge in [-0.15, -0.1) is 0 Å². The number of benzene rings is 3. The fourth-order valence-corrected chi connectivity index (χ4v) is 2.23. The van der Waals surface area contributed by atoms with Gasteiger partial charge in [0.2, 0.25) is 0 Å². The topological polar surface area (TPSA) is 33.6 Å². The van der Waals surface area contributed by atoms with Gasteiger partial charge in [-0.1, -0.05) is 42.5 Å². The molecule has 0 aliphatic heterocycles. The van der Waals surface area contributed by atoms with E-state index in [0.717, 1.165) is 28.9 Å². The van der Waals surface area contributed by atoms with Crippen LogP contribution in [-0.2, 0) is 6.61 Å². The molecule has 0 fully saturated rings. The number of nitrogens with one attached hydrogen (secondary N) is 1. The van der Waals surface area contributed by atoms with Crippen molar-refractivity contribution in [3.8, 4) is 5.75 Å². The Morgan fingerprint density at radius 2 is 1.60 bits per heavy atom. The molecule has 25 heavy (non-hydrogen) atoms. The van der Waals surface area contributed by atoms with Gasteiger partial charge in [0.05, 0.1) is 11.9 Å². The molecule has 3 aromatic rings. The zero-order valence-electron chi connectivity index (χ0n) is 13.3. The SMILES string of the molecule is Fc1cccc(F)c1OCc1cccc(C=NNc2ccccc2)c1. The van der Waals surface area contributed by atoms with Crippen LogP contribution in [0.5, 0.6) is 5.75 Å². The first-order valence-electron chi connectivity index (χ1n) is 7.72. The Labute approximate surface area is 144 Å². The smallest absolute Gasteiger partial charge is 0.191 e. The largest absolute Gasteiger partial charge is 0.483 e. The summed E-state index contributed by atoms with van der Waals surface area (Å²) in [4.78, 5) is 0. The van der Waals surface area contributed by atoms with Crippen molar-refractivity contribution in [1.29, 1.82) is 0 Å². The minimum atomic E-state index is -0.718. The number of hydrogen-bond donors (Lipinski definition) is 1. The Kier molecular flexibility index (Phi) is 5.36. The van der Waals surface area contributed by atoms with Crippen molar-refractivity contribution >= 4 is 11.9 Å². The Hall–Kier alpha value is -3.21. The monoisotopic (exact) mass is 338 g/mol. The summed E-state index contributed by atoms with van der Waals surface area (Å²) in [7, 11) is 0. The zero-order valence-corrected chi connectivity index (χ0v) is 13.3. The Bertz CT molecular complexity index is 846. The highest BCUT2D eigenvalue weighted by molar-refractivity contribution is 5.80. The van der Waals surface area contributed by atoms with E-state index in [9.17, 15) is 8.78 Å². The number of halogens is 2. The van der Waals surface area contributed by atoms with E-state index in [-0.39, 0.29) is 12.4 Å². The number of hydrogen-bond acceptors (Lipinski definition) is 3. The number of rotatable bonds is 6. The van der Waals surface area contributed by atoms with Crippen molar-refractivity contribution in [2.75, 3.05) is 5.43 Å². The standard InChI is InChI=1S/C20H16F2N2O/c21-18-10-5-11-19(22)20(18)25-14-16-7-4-6-15(12-16)13-23-24-17-8-2-1-3-9-17/h1-13,24H,14H2. The van der Waals surface area contributed by atoms with E-state index in [1.165, 1.54) is 6.07 Å². The summed E-state index contributed by atoms with van der Waals surface area (Å²) in [6.45, 7) is 0.0612. The molecule has 0 bridgehead atoms. The minimum absolute atomic E-state index is 0.0612. The van der Waals surface area contributed by atoms with Crippen molar-refractivity contribution in [1.82, 2.24) is 0 Å². The molecule has 0 saturated heterocycles. The quantitative estimate of drug-likeness (QED) is 0.507. The van der Waals surface area contributed by atoms with Crippen molar-refractivity contribution < 1.29 is 13.5 Å². The maximum Gasteiger partial charge on any atom is 0.191 e. The van der Waals surface area contributed by atoms with Gasteiger partial charge in [0.25, 0.3) is 0 Å². The van der Waals surface area contributed by atoms with Crippen molar-refractivity contribution in [2.45, 2.75) is 6.61 Å². The molecule has 3 nitrogen and oxygen atoms in total. The molecule has 3 aromatic carbocycles. The molecule has 0 aliphatic rings. The van der Waals surface area contributed by atoms with E-state index >= 15 is 0 Å². The number of nitrogens with zero attached hydrogens (tertiary/aromatic N) is 1. The van der Waals surface area contributed by atoms with Gasteiger partial charge < -0.3 is 4.74 Å². The van der Waals surface area contributed by atoms with E-state index < -0.39 is 11.6 Å². The molecule has 0 atom stereocenters. The fraction of sp³-hybridized carbons (Fsp3) is 0.0500. The van der Waals surface area contributed by atoms with Crippen LogP contribution < -0.4 is 10.2 Å². The second-order valence-corrected chi connectivity index (χ2v) is 5.32. The highest BCUT2D eigenvalue weighted by Gasteiger charge is 2.09. The van der Waals surface area contributed by atoms with Crippen LogP contribution >= 0.6 is 0 Å². The van der Waals surface area contributed by atoms with Crippen LogP contribution in [0.4, 0.5) is 14.5 Å². The lowest BCUT2D eigenvalue weighted by atomic mass is 10.1.